The van der Waals surface area contributed by atoms with Crippen molar-refractivity contribution >= 4 is 17.3 Å². The molecule has 1 amide bonds. The minimum atomic E-state index is -0.639. The summed E-state index contributed by atoms with van der Waals surface area (Å²) in [4.78, 5) is 11.5. The molecule has 0 fully saturated rings. The van der Waals surface area contributed by atoms with Crippen LogP contribution in [0.5, 0.6) is 0 Å². The van der Waals surface area contributed by atoms with Crippen LogP contribution in [0.1, 0.15) is 17.2 Å². The van der Waals surface area contributed by atoms with E-state index in [1.807, 2.05) is 60.7 Å². The van der Waals surface area contributed by atoms with E-state index in [2.05, 4.69) is 11.9 Å². The maximum Gasteiger partial charge on any atom is 0.247 e. The number of carbonyl (C=O) groups is 1. The molecule has 3 rings (SSSR count). The molecule has 0 spiro atoms. The molecule has 130 valence electrons. The third kappa shape index (κ3) is 3.82. The Balaban J connectivity index is 1.88. The van der Waals surface area contributed by atoms with Gasteiger partial charge in [-0.05, 0) is 41.0 Å². The molecular formula is C22H20N3O-. The van der Waals surface area contributed by atoms with Crippen molar-refractivity contribution in [1.82, 2.24) is 0 Å². The fraction of sp³-hybridized carbons (Fsp3) is 0.0455. The van der Waals surface area contributed by atoms with E-state index in [9.17, 15) is 4.79 Å². The van der Waals surface area contributed by atoms with Crippen LogP contribution in [0.15, 0.2) is 85.5 Å². The predicted molar refractivity (Wildman–Crippen MR) is 108 cm³/mol. The van der Waals surface area contributed by atoms with Crippen LogP contribution in [0.4, 0.5) is 11.4 Å². The Morgan fingerprint density at radius 3 is 2.46 bits per heavy atom. The maximum atomic E-state index is 11.5. The van der Waals surface area contributed by atoms with Crippen molar-refractivity contribution in [2.45, 2.75) is 6.04 Å². The third-order valence-corrected chi connectivity index (χ3v) is 4.18. The van der Waals surface area contributed by atoms with E-state index in [4.69, 9.17) is 11.5 Å². The van der Waals surface area contributed by atoms with Gasteiger partial charge in [0.1, 0.15) is 0 Å². The number of nitrogens with one attached hydrogen (secondary N) is 2. The molecule has 0 radical (unpaired) electrons. The molecule has 4 heteroatoms. The Morgan fingerprint density at radius 2 is 1.77 bits per heavy atom. The molecule has 1 unspecified atom stereocenters. The van der Waals surface area contributed by atoms with Crippen LogP contribution in [0, 0.1) is 0 Å². The molecule has 0 bridgehead atoms. The summed E-state index contributed by atoms with van der Waals surface area (Å²) < 4.78 is 0. The molecule has 4 nitrogen and oxygen atoms in total. The predicted octanol–water partition coefficient (Wildman–Crippen LogP) is 5.20. The number of rotatable bonds is 5. The molecule has 3 aromatic carbocycles. The zero-order chi connectivity index (χ0) is 18.5. The first-order valence-corrected chi connectivity index (χ1v) is 8.28. The molecule has 0 aliphatic carbocycles. The minimum Gasteiger partial charge on any atom is -0.667 e. The lowest BCUT2D eigenvalue weighted by Crippen LogP contribution is -2.08. The van der Waals surface area contributed by atoms with Gasteiger partial charge in [0.15, 0.2) is 0 Å². The van der Waals surface area contributed by atoms with Crippen LogP contribution in [0.25, 0.3) is 16.9 Å². The molecule has 0 saturated heterocycles. The van der Waals surface area contributed by atoms with E-state index in [0.29, 0.717) is 11.4 Å². The second-order valence-electron chi connectivity index (χ2n) is 5.96. The Kier molecular flexibility index (Phi) is 5.15. The van der Waals surface area contributed by atoms with E-state index in [0.717, 1.165) is 22.3 Å². The molecule has 0 aliphatic rings. The van der Waals surface area contributed by atoms with Crippen LogP contribution in [-0.4, -0.2) is 5.91 Å². The summed E-state index contributed by atoms with van der Waals surface area (Å²) in [7, 11) is 0. The van der Waals surface area contributed by atoms with Crippen molar-refractivity contribution in [3.63, 3.8) is 0 Å². The number of benzene rings is 3. The van der Waals surface area contributed by atoms with Gasteiger partial charge in [-0.3, -0.25) is 4.79 Å². The van der Waals surface area contributed by atoms with Gasteiger partial charge in [-0.2, -0.15) is 0 Å². The lowest BCUT2D eigenvalue weighted by atomic mass is 9.95. The summed E-state index contributed by atoms with van der Waals surface area (Å²) in [5.41, 5.74) is 19.6. The normalized spacial score (nSPS) is 11.6. The van der Waals surface area contributed by atoms with Gasteiger partial charge in [0.25, 0.3) is 0 Å². The van der Waals surface area contributed by atoms with Gasteiger partial charge in [0.2, 0.25) is 5.91 Å². The molecule has 26 heavy (non-hydrogen) atoms. The SMILES string of the molecule is C=CC(=O)Nc1cccc(C([NH-])c2ccc(-c3ccccc3)cc2N)c1. The average molecular weight is 342 g/mol. The van der Waals surface area contributed by atoms with Gasteiger partial charge in [-0.1, -0.05) is 72.8 Å². The first-order valence-electron chi connectivity index (χ1n) is 8.28. The first-order chi connectivity index (χ1) is 12.6. The van der Waals surface area contributed by atoms with E-state index in [1.54, 1.807) is 12.1 Å². The van der Waals surface area contributed by atoms with Gasteiger partial charge in [0.05, 0.1) is 0 Å². The van der Waals surface area contributed by atoms with Crippen LogP contribution < -0.4 is 11.1 Å². The fourth-order valence-electron chi connectivity index (χ4n) is 2.82. The summed E-state index contributed by atoms with van der Waals surface area (Å²) in [6.45, 7) is 3.44. The zero-order valence-electron chi connectivity index (χ0n) is 14.3. The van der Waals surface area contributed by atoms with Crippen molar-refractivity contribution in [1.29, 1.82) is 0 Å². The number of nitrogen functional groups attached to an aromatic ring is 1. The summed E-state index contributed by atoms with van der Waals surface area (Å²) >= 11 is 0. The van der Waals surface area contributed by atoms with Crippen LogP contribution in [-0.2, 0) is 4.79 Å². The summed E-state index contributed by atoms with van der Waals surface area (Å²) in [6.07, 6.45) is 1.21. The van der Waals surface area contributed by atoms with Gasteiger partial charge in [-0.25, -0.2) is 0 Å². The standard InChI is InChI=1S/C22H20N3O/c1-2-21(26)25-18-10-6-9-17(13-18)22(24)19-12-11-16(14-20(19)23)15-7-4-3-5-8-15/h2-14,22,24H,1,23H2,(H,25,26)/q-1. The Labute approximate surface area is 153 Å². The number of anilines is 2. The summed E-state index contributed by atoms with van der Waals surface area (Å²) in [5, 5.41) is 2.71. The van der Waals surface area contributed by atoms with Gasteiger partial charge in [0, 0.05) is 11.4 Å². The molecule has 1 atom stereocenters. The summed E-state index contributed by atoms with van der Waals surface area (Å²) in [5.74, 6) is -0.282. The smallest absolute Gasteiger partial charge is 0.247 e. The third-order valence-electron chi connectivity index (χ3n) is 4.18. The van der Waals surface area contributed by atoms with Crippen molar-refractivity contribution in [3.05, 3.63) is 102 Å². The van der Waals surface area contributed by atoms with Crippen molar-refractivity contribution in [2.75, 3.05) is 11.1 Å². The van der Waals surface area contributed by atoms with E-state index in [-0.39, 0.29) is 5.91 Å². The van der Waals surface area contributed by atoms with Crippen LogP contribution >= 0.6 is 0 Å². The molecule has 3 aromatic rings. The highest BCUT2D eigenvalue weighted by atomic mass is 16.1. The van der Waals surface area contributed by atoms with Crippen LogP contribution in [0.2, 0.25) is 0 Å². The highest BCUT2D eigenvalue weighted by Gasteiger charge is 2.09. The molecule has 0 heterocycles. The average Bonchev–Trinajstić information content (AvgIpc) is 2.68. The monoisotopic (exact) mass is 342 g/mol. The van der Waals surface area contributed by atoms with Gasteiger partial charge < -0.3 is 16.8 Å². The van der Waals surface area contributed by atoms with E-state index in [1.165, 1.54) is 6.08 Å². The quantitative estimate of drug-likeness (QED) is 0.493. The topological polar surface area (TPSA) is 78.9 Å². The molecular weight excluding hydrogens is 322 g/mol. The number of hydrogen-bond acceptors (Lipinski definition) is 2. The van der Waals surface area contributed by atoms with Crippen molar-refractivity contribution < 1.29 is 4.79 Å². The lowest BCUT2D eigenvalue weighted by molar-refractivity contribution is -0.111. The number of hydrogen-bond donors (Lipinski definition) is 2. The molecule has 0 saturated carbocycles. The Hall–Kier alpha value is -3.37. The maximum absolute atomic E-state index is 11.5. The minimum absolute atomic E-state index is 0.282. The lowest BCUT2D eigenvalue weighted by Gasteiger charge is -2.24. The highest BCUT2D eigenvalue weighted by Crippen LogP contribution is 2.33. The molecule has 4 N–H and O–H groups in total. The number of amides is 1. The second kappa shape index (κ2) is 7.68. The van der Waals surface area contributed by atoms with E-state index < -0.39 is 6.04 Å². The van der Waals surface area contributed by atoms with Crippen molar-refractivity contribution in [2.24, 2.45) is 0 Å². The Bertz CT molecular complexity index is 935. The molecule has 0 aliphatic heterocycles. The van der Waals surface area contributed by atoms with Crippen LogP contribution in [0.3, 0.4) is 0 Å². The first kappa shape index (κ1) is 17.5. The van der Waals surface area contributed by atoms with Gasteiger partial charge in [-0.15, -0.1) is 0 Å². The second-order valence-corrected chi connectivity index (χ2v) is 5.96. The zero-order valence-corrected chi connectivity index (χ0v) is 14.3. The van der Waals surface area contributed by atoms with Gasteiger partial charge >= 0.3 is 0 Å². The number of carbonyl (C=O) groups excluding carboxylic acids is 1. The highest BCUT2D eigenvalue weighted by molar-refractivity contribution is 5.98. The number of nitrogens with two attached hydrogens (primary N) is 1. The fourth-order valence-corrected chi connectivity index (χ4v) is 2.82. The molecule has 0 aromatic heterocycles. The van der Waals surface area contributed by atoms with E-state index >= 15 is 0 Å². The largest absolute Gasteiger partial charge is 0.667 e. The summed E-state index contributed by atoms with van der Waals surface area (Å²) in [6, 6.07) is 22.3. The van der Waals surface area contributed by atoms with Crippen molar-refractivity contribution in [3.8, 4) is 11.1 Å². The Morgan fingerprint density at radius 1 is 1.00 bits per heavy atom.